The van der Waals surface area contributed by atoms with Gasteiger partial charge >= 0.3 is 11.8 Å². The maximum Gasteiger partial charge on any atom is 0.315 e. The molecule has 0 atom stereocenters. The molecule has 0 aliphatic carbocycles. The van der Waals surface area contributed by atoms with Crippen LogP contribution in [0.1, 0.15) is 42.8 Å². The van der Waals surface area contributed by atoms with Crippen molar-refractivity contribution in [2.24, 2.45) is 0 Å². The molecule has 0 fully saturated rings. The summed E-state index contributed by atoms with van der Waals surface area (Å²) in [6.07, 6.45) is 2.67. The summed E-state index contributed by atoms with van der Waals surface area (Å²) in [6, 6.07) is 9.48. The van der Waals surface area contributed by atoms with Crippen molar-refractivity contribution in [1.29, 1.82) is 0 Å². The number of carbonyl (C=O) groups excluding carboxylic acids is 1. The highest BCUT2D eigenvalue weighted by Gasteiger charge is 2.24. The summed E-state index contributed by atoms with van der Waals surface area (Å²) in [5, 5.41) is 12.8. The predicted molar refractivity (Wildman–Crippen MR) is 140 cm³/mol. The minimum absolute atomic E-state index is 0.0456. The number of rotatable bonds is 6. The van der Waals surface area contributed by atoms with E-state index in [0.717, 1.165) is 6.26 Å². The van der Waals surface area contributed by atoms with Crippen LogP contribution in [-0.2, 0) is 21.8 Å². The van der Waals surface area contributed by atoms with E-state index in [9.17, 15) is 18.0 Å². The van der Waals surface area contributed by atoms with Crippen molar-refractivity contribution in [3.8, 4) is 22.6 Å². The number of H-pyrrole nitrogens is 2. The Balaban J connectivity index is 1.46. The summed E-state index contributed by atoms with van der Waals surface area (Å²) >= 11 is 0. The van der Waals surface area contributed by atoms with Gasteiger partial charge in [-0.05, 0) is 29.3 Å². The molecular weight excluding hydrogens is 524 g/mol. The Hall–Kier alpha value is -4.72. The van der Waals surface area contributed by atoms with E-state index in [1.807, 2.05) is 20.8 Å². The molecular formula is C25H24N8O5S. The monoisotopic (exact) mass is 548 g/mol. The average Bonchev–Trinajstić information content (AvgIpc) is 3.55. The lowest BCUT2D eigenvalue weighted by molar-refractivity contribution is 0.0906. The Morgan fingerprint density at radius 2 is 1.90 bits per heavy atom. The van der Waals surface area contributed by atoms with Gasteiger partial charge in [0.05, 0.1) is 4.90 Å². The van der Waals surface area contributed by atoms with Gasteiger partial charge in [0.1, 0.15) is 11.2 Å². The first-order valence-corrected chi connectivity index (χ1v) is 13.7. The zero-order valence-corrected chi connectivity index (χ0v) is 22.3. The largest absolute Gasteiger partial charge is 0.344 e. The molecule has 5 rings (SSSR count). The van der Waals surface area contributed by atoms with Crippen LogP contribution in [0, 0.1) is 0 Å². The number of hydrogen-bond acceptors (Lipinski definition) is 10. The first kappa shape index (κ1) is 25.9. The van der Waals surface area contributed by atoms with Gasteiger partial charge in [0.15, 0.2) is 27.1 Å². The summed E-state index contributed by atoms with van der Waals surface area (Å²) in [5.74, 6) is -0.0462. The second-order valence-electron chi connectivity index (χ2n) is 9.90. The van der Waals surface area contributed by atoms with Crippen molar-refractivity contribution >= 4 is 26.9 Å². The normalized spacial score (nSPS) is 12.1. The number of sulfone groups is 1. The number of carbonyl (C=O) groups is 1. The highest BCUT2D eigenvalue weighted by molar-refractivity contribution is 7.90. The standard InChI is InChI=1S/C25H24N8O5S/c1-25(2,3)24-30-23(38-33-24)22(35)27-12-14-6-5-13(11-17(14)39(4,36)37)15-9-10-26-21-19(15)28-20(29-21)16-7-8-18(34)32-31-16/h5-11H,12H2,1-4H3,(H,27,35)(H,32,34)(H,26,28,29). The topological polar surface area (TPSA) is 189 Å². The highest BCUT2D eigenvalue weighted by Crippen LogP contribution is 2.31. The molecule has 0 aliphatic rings. The molecule has 0 spiro atoms. The zero-order valence-electron chi connectivity index (χ0n) is 21.4. The molecule has 0 radical (unpaired) electrons. The van der Waals surface area contributed by atoms with Crippen LogP contribution in [0.3, 0.4) is 0 Å². The molecule has 4 heterocycles. The van der Waals surface area contributed by atoms with Gasteiger partial charge < -0.3 is 14.8 Å². The van der Waals surface area contributed by atoms with Crippen molar-refractivity contribution in [2.75, 3.05) is 6.26 Å². The van der Waals surface area contributed by atoms with Crippen LogP contribution in [0.15, 0.2) is 56.8 Å². The van der Waals surface area contributed by atoms with Crippen LogP contribution in [0.25, 0.3) is 33.8 Å². The van der Waals surface area contributed by atoms with E-state index in [1.54, 1.807) is 24.4 Å². The zero-order chi connectivity index (χ0) is 27.9. The quantitative estimate of drug-likeness (QED) is 0.284. The summed E-state index contributed by atoms with van der Waals surface area (Å²) in [7, 11) is -3.68. The van der Waals surface area contributed by atoms with Gasteiger partial charge in [0.2, 0.25) is 0 Å². The van der Waals surface area contributed by atoms with Crippen molar-refractivity contribution in [1.82, 2.24) is 40.6 Å². The van der Waals surface area contributed by atoms with Crippen molar-refractivity contribution in [3.63, 3.8) is 0 Å². The van der Waals surface area contributed by atoms with Gasteiger partial charge in [-0.1, -0.05) is 38.1 Å². The molecule has 0 unspecified atom stereocenters. The Labute approximate surface area is 222 Å². The SMILES string of the molecule is CC(C)(C)c1noc(C(=O)NCc2ccc(-c3ccnc4[nH]c(-c5ccc(=O)[nH]n5)nc34)cc2S(C)(=O)=O)n1. The molecule has 14 heteroatoms. The average molecular weight is 549 g/mol. The predicted octanol–water partition coefficient (Wildman–Crippen LogP) is 2.39. The van der Waals surface area contributed by atoms with Crippen molar-refractivity contribution < 1.29 is 17.7 Å². The molecule has 200 valence electrons. The number of amides is 1. The summed E-state index contributed by atoms with van der Waals surface area (Å²) in [5.41, 5.74) is 2.22. The molecule has 0 aliphatic heterocycles. The smallest absolute Gasteiger partial charge is 0.315 e. The van der Waals surface area contributed by atoms with E-state index < -0.39 is 21.2 Å². The first-order chi connectivity index (χ1) is 18.4. The lowest BCUT2D eigenvalue weighted by Gasteiger charge is -2.12. The van der Waals surface area contributed by atoms with Gasteiger partial charge in [-0.25, -0.2) is 23.5 Å². The van der Waals surface area contributed by atoms with E-state index >= 15 is 0 Å². The second kappa shape index (κ2) is 9.54. The van der Waals surface area contributed by atoms with E-state index in [0.29, 0.717) is 45.2 Å². The van der Waals surface area contributed by atoms with Crippen LogP contribution >= 0.6 is 0 Å². The molecule has 39 heavy (non-hydrogen) atoms. The van der Waals surface area contributed by atoms with E-state index in [2.05, 4.69) is 40.6 Å². The number of aromatic nitrogens is 7. The third-order valence-electron chi connectivity index (χ3n) is 5.81. The molecule has 13 nitrogen and oxygen atoms in total. The lowest BCUT2D eigenvalue weighted by Crippen LogP contribution is -2.24. The number of nitrogens with zero attached hydrogens (tertiary/aromatic N) is 5. The minimum atomic E-state index is -3.68. The Morgan fingerprint density at radius 1 is 1.10 bits per heavy atom. The summed E-state index contributed by atoms with van der Waals surface area (Å²) < 4.78 is 30.5. The Bertz CT molecular complexity index is 1860. The highest BCUT2D eigenvalue weighted by atomic mass is 32.2. The molecule has 1 aromatic carbocycles. The maximum absolute atomic E-state index is 12.7. The molecule has 5 aromatic rings. The Morgan fingerprint density at radius 3 is 2.56 bits per heavy atom. The lowest BCUT2D eigenvalue weighted by atomic mass is 9.96. The van der Waals surface area contributed by atoms with Gasteiger partial charge in [0.25, 0.3) is 5.56 Å². The molecule has 1 amide bonds. The van der Waals surface area contributed by atoms with E-state index in [4.69, 9.17) is 4.52 Å². The first-order valence-electron chi connectivity index (χ1n) is 11.8. The second-order valence-corrected chi connectivity index (χ2v) is 11.9. The number of benzene rings is 1. The maximum atomic E-state index is 12.7. The molecule has 0 saturated carbocycles. The molecule has 0 bridgehead atoms. The fraction of sp³-hybridized carbons (Fsp3) is 0.240. The number of hydrogen-bond donors (Lipinski definition) is 3. The van der Waals surface area contributed by atoms with Crippen LogP contribution < -0.4 is 10.9 Å². The number of aromatic amines is 2. The summed E-state index contributed by atoms with van der Waals surface area (Å²) in [4.78, 5) is 40.1. The van der Waals surface area contributed by atoms with Crippen LogP contribution in [0.2, 0.25) is 0 Å². The van der Waals surface area contributed by atoms with Gasteiger partial charge in [0, 0.05) is 36.0 Å². The van der Waals surface area contributed by atoms with Crippen LogP contribution in [-0.4, -0.2) is 55.9 Å². The summed E-state index contributed by atoms with van der Waals surface area (Å²) in [6.45, 7) is 5.59. The van der Waals surface area contributed by atoms with E-state index in [1.165, 1.54) is 18.2 Å². The van der Waals surface area contributed by atoms with Gasteiger partial charge in [-0.15, -0.1) is 0 Å². The minimum Gasteiger partial charge on any atom is -0.344 e. The third kappa shape index (κ3) is 5.31. The van der Waals surface area contributed by atoms with Crippen LogP contribution in [0.5, 0.6) is 0 Å². The molecule has 3 N–H and O–H groups in total. The Kier molecular flexibility index (Phi) is 6.34. The fourth-order valence-corrected chi connectivity index (χ4v) is 4.78. The van der Waals surface area contributed by atoms with Crippen LogP contribution in [0.4, 0.5) is 0 Å². The molecule has 0 saturated heterocycles. The molecule has 4 aromatic heterocycles. The van der Waals surface area contributed by atoms with E-state index in [-0.39, 0.29) is 22.9 Å². The number of fused-ring (bicyclic) bond motifs is 1. The number of pyridine rings is 1. The van der Waals surface area contributed by atoms with Gasteiger partial charge in [-0.2, -0.15) is 10.1 Å². The van der Waals surface area contributed by atoms with Crippen molar-refractivity contribution in [3.05, 3.63) is 70.2 Å². The number of imidazole rings is 1. The fourth-order valence-electron chi connectivity index (χ4n) is 3.83. The number of nitrogens with one attached hydrogen (secondary N) is 3. The van der Waals surface area contributed by atoms with Gasteiger partial charge in [-0.3, -0.25) is 9.59 Å². The van der Waals surface area contributed by atoms with Crippen molar-refractivity contribution in [2.45, 2.75) is 37.6 Å². The third-order valence-corrected chi connectivity index (χ3v) is 6.99.